The number of imidazole rings is 1. The van der Waals surface area contributed by atoms with Crippen LogP contribution in [0.3, 0.4) is 0 Å². The first-order chi connectivity index (χ1) is 11.0. The molecular weight excluding hydrogens is 360 g/mol. The van der Waals surface area contributed by atoms with Crippen LogP contribution in [0.4, 0.5) is 5.95 Å². The summed E-state index contributed by atoms with van der Waals surface area (Å²) in [5.74, 6) is 1.71. The zero-order valence-corrected chi connectivity index (χ0v) is 15.1. The van der Waals surface area contributed by atoms with E-state index in [0.717, 1.165) is 28.6 Å². The molecule has 0 bridgehead atoms. The van der Waals surface area contributed by atoms with Crippen LogP contribution in [-0.4, -0.2) is 29.6 Å². The molecule has 2 rings (SSSR count). The van der Waals surface area contributed by atoms with Gasteiger partial charge in [-0.25, -0.2) is 9.66 Å². The first-order valence-corrected chi connectivity index (χ1v) is 8.20. The Kier molecular flexibility index (Phi) is 6.04. The van der Waals surface area contributed by atoms with Gasteiger partial charge in [0.2, 0.25) is 5.95 Å². The summed E-state index contributed by atoms with van der Waals surface area (Å²) in [5.41, 5.74) is 7.45. The SMILES string of the molecule is CCCCOc1c(Br)cc(C=Nn2cc(C)nc2N)cc1OC. The van der Waals surface area contributed by atoms with Gasteiger partial charge < -0.3 is 15.2 Å². The smallest absolute Gasteiger partial charge is 0.221 e. The standard InChI is InChI=1S/C16H21BrN4O2/c1-4-5-6-23-15-13(17)7-12(8-14(15)22-3)9-19-21-10-11(2)20-16(21)18/h7-10H,4-6H2,1-3H3,(H2,18,20). The quantitative estimate of drug-likeness (QED) is 0.587. The minimum Gasteiger partial charge on any atom is -0.493 e. The molecule has 0 unspecified atom stereocenters. The highest BCUT2D eigenvalue weighted by atomic mass is 79.9. The van der Waals surface area contributed by atoms with Crippen molar-refractivity contribution in [2.45, 2.75) is 26.7 Å². The van der Waals surface area contributed by atoms with Gasteiger partial charge in [-0.1, -0.05) is 13.3 Å². The molecule has 0 fully saturated rings. The number of benzene rings is 1. The summed E-state index contributed by atoms with van der Waals surface area (Å²) in [4.78, 5) is 4.10. The number of aryl methyl sites for hydroxylation is 1. The topological polar surface area (TPSA) is 74.7 Å². The van der Waals surface area contributed by atoms with E-state index in [4.69, 9.17) is 15.2 Å². The fourth-order valence-electron chi connectivity index (χ4n) is 2.00. The molecule has 0 aliphatic heterocycles. The van der Waals surface area contributed by atoms with Crippen molar-refractivity contribution in [3.63, 3.8) is 0 Å². The van der Waals surface area contributed by atoms with E-state index in [1.807, 2.05) is 19.1 Å². The maximum Gasteiger partial charge on any atom is 0.221 e. The number of halogens is 1. The predicted molar refractivity (Wildman–Crippen MR) is 95.5 cm³/mol. The molecule has 0 aliphatic carbocycles. The summed E-state index contributed by atoms with van der Waals surface area (Å²) < 4.78 is 13.6. The van der Waals surface area contributed by atoms with Crippen LogP contribution in [0.15, 0.2) is 27.9 Å². The van der Waals surface area contributed by atoms with Gasteiger partial charge in [-0.05, 0) is 47.0 Å². The monoisotopic (exact) mass is 380 g/mol. The van der Waals surface area contributed by atoms with Crippen molar-refractivity contribution < 1.29 is 9.47 Å². The molecule has 0 spiro atoms. The van der Waals surface area contributed by atoms with Crippen LogP contribution >= 0.6 is 15.9 Å². The van der Waals surface area contributed by atoms with E-state index in [1.165, 1.54) is 4.68 Å². The van der Waals surface area contributed by atoms with Crippen LogP contribution in [-0.2, 0) is 0 Å². The third kappa shape index (κ3) is 4.48. The predicted octanol–water partition coefficient (Wildman–Crippen LogP) is 3.61. The molecule has 0 saturated carbocycles. The molecule has 1 aromatic carbocycles. The van der Waals surface area contributed by atoms with Crippen molar-refractivity contribution >= 4 is 28.1 Å². The molecule has 124 valence electrons. The summed E-state index contributed by atoms with van der Waals surface area (Å²) in [6.07, 6.45) is 5.54. The highest BCUT2D eigenvalue weighted by Gasteiger charge is 2.11. The van der Waals surface area contributed by atoms with Gasteiger partial charge in [0.05, 0.1) is 36.3 Å². The Labute approximate surface area is 144 Å². The summed E-state index contributed by atoms with van der Waals surface area (Å²) in [5, 5.41) is 4.31. The first kappa shape index (κ1) is 17.3. The summed E-state index contributed by atoms with van der Waals surface area (Å²) in [7, 11) is 1.62. The van der Waals surface area contributed by atoms with E-state index in [-0.39, 0.29) is 0 Å². The molecule has 0 amide bonds. The lowest BCUT2D eigenvalue weighted by atomic mass is 10.2. The second kappa shape index (κ2) is 8.01. The number of nitrogens with zero attached hydrogens (tertiary/aromatic N) is 3. The van der Waals surface area contributed by atoms with Gasteiger partial charge in [0.1, 0.15) is 0 Å². The van der Waals surface area contributed by atoms with Gasteiger partial charge in [0, 0.05) is 0 Å². The normalized spacial score (nSPS) is 11.1. The molecule has 0 aliphatic rings. The van der Waals surface area contributed by atoms with Crippen molar-refractivity contribution in [3.8, 4) is 11.5 Å². The van der Waals surface area contributed by atoms with Crippen molar-refractivity contribution in [1.29, 1.82) is 0 Å². The minimum absolute atomic E-state index is 0.351. The fraction of sp³-hybridized carbons (Fsp3) is 0.375. The van der Waals surface area contributed by atoms with Crippen molar-refractivity contribution in [3.05, 3.63) is 34.1 Å². The number of anilines is 1. The van der Waals surface area contributed by atoms with Crippen LogP contribution in [0.2, 0.25) is 0 Å². The van der Waals surface area contributed by atoms with Gasteiger partial charge in [-0.3, -0.25) is 0 Å². The lowest BCUT2D eigenvalue weighted by molar-refractivity contribution is 0.286. The van der Waals surface area contributed by atoms with Gasteiger partial charge in [0.15, 0.2) is 11.5 Å². The third-order valence-corrected chi connectivity index (χ3v) is 3.75. The number of nitrogen functional groups attached to an aromatic ring is 1. The highest BCUT2D eigenvalue weighted by molar-refractivity contribution is 9.10. The van der Waals surface area contributed by atoms with Gasteiger partial charge in [0.25, 0.3) is 0 Å². The molecule has 7 heteroatoms. The van der Waals surface area contributed by atoms with Crippen LogP contribution in [0.5, 0.6) is 11.5 Å². The number of rotatable bonds is 7. The van der Waals surface area contributed by atoms with E-state index >= 15 is 0 Å². The van der Waals surface area contributed by atoms with Crippen LogP contribution in [0.1, 0.15) is 31.0 Å². The Balaban J connectivity index is 2.23. The van der Waals surface area contributed by atoms with Gasteiger partial charge in [-0.15, -0.1) is 0 Å². The summed E-state index contributed by atoms with van der Waals surface area (Å²) in [6.45, 7) is 4.65. The number of unbranched alkanes of at least 4 members (excludes halogenated alkanes) is 1. The van der Waals surface area contributed by atoms with Gasteiger partial charge in [-0.2, -0.15) is 5.10 Å². The first-order valence-electron chi connectivity index (χ1n) is 7.41. The Morgan fingerprint density at radius 1 is 1.43 bits per heavy atom. The summed E-state index contributed by atoms with van der Waals surface area (Å²) in [6, 6.07) is 3.79. The molecular formula is C16H21BrN4O2. The molecule has 0 saturated heterocycles. The summed E-state index contributed by atoms with van der Waals surface area (Å²) >= 11 is 3.53. The van der Waals surface area contributed by atoms with Crippen molar-refractivity contribution in [1.82, 2.24) is 9.66 Å². The maximum atomic E-state index is 5.79. The van der Waals surface area contributed by atoms with E-state index < -0.39 is 0 Å². The van der Waals surface area contributed by atoms with E-state index in [0.29, 0.717) is 24.1 Å². The Morgan fingerprint density at radius 2 is 2.22 bits per heavy atom. The minimum atomic E-state index is 0.351. The average molecular weight is 381 g/mol. The Bertz CT molecular complexity index is 698. The number of hydrogen-bond acceptors (Lipinski definition) is 5. The van der Waals surface area contributed by atoms with E-state index in [1.54, 1.807) is 19.5 Å². The molecule has 0 radical (unpaired) electrons. The second-order valence-corrected chi connectivity index (χ2v) is 5.92. The van der Waals surface area contributed by atoms with Crippen molar-refractivity contribution in [2.75, 3.05) is 19.5 Å². The molecule has 2 aromatic rings. The largest absolute Gasteiger partial charge is 0.493 e. The zero-order valence-electron chi connectivity index (χ0n) is 13.5. The molecule has 1 aromatic heterocycles. The number of methoxy groups -OCH3 is 1. The Morgan fingerprint density at radius 3 is 2.83 bits per heavy atom. The Hall–Kier alpha value is -2.02. The van der Waals surface area contributed by atoms with E-state index in [9.17, 15) is 0 Å². The molecule has 0 atom stereocenters. The van der Waals surface area contributed by atoms with Crippen LogP contribution in [0, 0.1) is 6.92 Å². The third-order valence-electron chi connectivity index (χ3n) is 3.16. The number of nitrogens with two attached hydrogens (primary N) is 1. The molecule has 1 heterocycles. The molecule has 6 nitrogen and oxygen atoms in total. The average Bonchev–Trinajstić information content (AvgIpc) is 2.84. The number of hydrogen-bond donors (Lipinski definition) is 1. The highest BCUT2D eigenvalue weighted by Crippen LogP contribution is 2.36. The second-order valence-electron chi connectivity index (χ2n) is 5.07. The lowest BCUT2D eigenvalue weighted by Crippen LogP contribution is -2.01. The molecule has 23 heavy (non-hydrogen) atoms. The van der Waals surface area contributed by atoms with Crippen LogP contribution < -0.4 is 15.2 Å². The van der Waals surface area contributed by atoms with E-state index in [2.05, 4.69) is 32.9 Å². The fourth-order valence-corrected chi connectivity index (χ4v) is 2.57. The maximum absolute atomic E-state index is 5.79. The van der Waals surface area contributed by atoms with Crippen LogP contribution in [0.25, 0.3) is 0 Å². The number of ether oxygens (including phenoxy) is 2. The van der Waals surface area contributed by atoms with Gasteiger partial charge >= 0.3 is 0 Å². The zero-order chi connectivity index (χ0) is 16.8. The number of aromatic nitrogens is 2. The van der Waals surface area contributed by atoms with Crippen molar-refractivity contribution in [2.24, 2.45) is 5.10 Å². The lowest BCUT2D eigenvalue weighted by Gasteiger charge is -2.13. The molecule has 2 N–H and O–H groups in total.